The lowest BCUT2D eigenvalue weighted by molar-refractivity contribution is -0.143. The first-order valence-electron chi connectivity index (χ1n) is 16.3. The van der Waals surface area contributed by atoms with Crippen LogP contribution in [-0.4, -0.2) is 82.0 Å². The average Bonchev–Trinajstić information content (AvgIpc) is 3.07. The minimum Gasteiger partial charge on any atom is -0.493 e. The molecule has 1 aromatic heterocycles. The van der Waals surface area contributed by atoms with Crippen molar-refractivity contribution >= 4 is 34.7 Å². The van der Waals surface area contributed by atoms with Gasteiger partial charge in [0.25, 0.3) is 0 Å². The lowest BCUT2D eigenvalue weighted by Gasteiger charge is -2.30. The van der Waals surface area contributed by atoms with Crippen molar-refractivity contribution in [2.24, 2.45) is 0 Å². The van der Waals surface area contributed by atoms with Gasteiger partial charge in [0.15, 0.2) is 11.5 Å². The van der Waals surface area contributed by atoms with Crippen molar-refractivity contribution in [3.63, 3.8) is 0 Å². The molecule has 11 heteroatoms. The van der Waals surface area contributed by atoms with E-state index in [1.54, 1.807) is 29.2 Å². The molecular weight excluding hydrogens is 602 g/mol. The van der Waals surface area contributed by atoms with Crippen LogP contribution in [0.25, 0.3) is 17.0 Å². The lowest BCUT2D eigenvalue weighted by atomic mass is 9.98. The Balaban J connectivity index is 1.43. The number of hydrogen-bond acceptors (Lipinski definition) is 9. The standard InChI is InChI=1S/C36H45N3O8/c1-24-17-33(41)47-29-22-27(37-36(42)39-15-9-6-10-16-39)20-26(34(24)29)21-28(23-38-13-7-5-8-14-38)46-32(40)12-11-25-18-30(43-2)35(45-4)31(19-25)44-3/h11-12,17-20,22,28H,5-10,13-16,21,23H2,1-4H3,(H,37,42)/b12-11+. The summed E-state index contributed by atoms with van der Waals surface area (Å²) in [6, 6.07) is 8.38. The molecular formula is C36H45N3O8. The first kappa shape index (κ1) is 33.8. The van der Waals surface area contributed by atoms with Crippen LogP contribution in [0, 0.1) is 6.92 Å². The zero-order valence-electron chi connectivity index (χ0n) is 27.8. The monoisotopic (exact) mass is 647 g/mol. The number of nitrogens with one attached hydrogen (secondary N) is 1. The minimum absolute atomic E-state index is 0.182. The number of hydrogen-bond donors (Lipinski definition) is 1. The summed E-state index contributed by atoms with van der Waals surface area (Å²) in [5, 5.41) is 3.78. The third-order valence-corrected chi connectivity index (χ3v) is 8.76. The summed E-state index contributed by atoms with van der Waals surface area (Å²) >= 11 is 0. The zero-order valence-corrected chi connectivity index (χ0v) is 27.8. The molecule has 2 amide bonds. The number of nitrogens with zero attached hydrogens (tertiary/aromatic N) is 2. The minimum atomic E-state index is -0.507. The molecule has 0 saturated carbocycles. The molecule has 47 heavy (non-hydrogen) atoms. The van der Waals surface area contributed by atoms with E-state index in [9.17, 15) is 14.4 Å². The van der Waals surface area contributed by atoms with Crippen LogP contribution in [-0.2, 0) is 16.0 Å². The van der Waals surface area contributed by atoms with Gasteiger partial charge in [0.1, 0.15) is 11.7 Å². The number of amides is 2. The predicted octanol–water partition coefficient (Wildman–Crippen LogP) is 5.80. The summed E-state index contributed by atoms with van der Waals surface area (Å²) in [4.78, 5) is 42.9. The van der Waals surface area contributed by atoms with Crippen LogP contribution < -0.4 is 25.2 Å². The van der Waals surface area contributed by atoms with Crippen molar-refractivity contribution < 1.29 is 33.0 Å². The van der Waals surface area contributed by atoms with Gasteiger partial charge in [-0.15, -0.1) is 0 Å². The molecule has 3 heterocycles. The molecule has 11 nitrogen and oxygen atoms in total. The molecule has 2 aromatic carbocycles. The second kappa shape index (κ2) is 15.9. The first-order chi connectivity index (χ1) is 22.8. The average molecular weight is 648 g/mol. The Morgan fingerprint density at radius 3 is 2.19 bits per heavy atom. The van der Waals surface area contributed by atoms with E-state index in [2.05, 4.69) is 10.2 Å². The smallest absolute Gasteiger partial charge is 0.336 e. The lowest BCUT2D eigenvalue weighted by Crippen LogP contribution is -2.39. The van der Waals surface area contributed by atoms with Gasteiger partial charge in [-0.05, 0) is 93.1 Å². The van der Waals surface area contributed by atoms with E-state index in [1.165, 1.54) is 39.9 Å². The second-order valence-corrected chi connectivity index (χ2v) is 12.2. The number of carbonyl (C=O) groups excluding carboxylic acids is 2. The fourth-order valence-electron chi connectivity index (χ4n) is 6.50. The molecule has 0 bridgehead atoms. The van der Waals surface area contributed by atoms with Crippen molar-refractivity contribution in [3.05, 3.63) is 63.5 Å². The molecule has 252 valence electrons. The Morgan fingerprint density at radius 1 is 0.894 bits per heavy atom. The van der Waals surface area contributed by atoms with E-state index in [-0.39, 0.29) is 6.03 Å². The molecule has 0 aliphatic carbocycles. The summed E-state index contributed by atoms with van der Waals surface area (Å²) in [6.07, 6.45) is 9.32. The number of methoxy groups -OCH3 is 3. The van der Waals surface area contributed by atoms with E-state index < -0.39 is 17.7 Å². The number of carbonyl (C=O) groups is 2. The van der Waals surface area contributed by atoms with Crippen LogP contribution in [0.15, 0.2) is 45.6 Å². The number of benzene rings is 2. The number of esters is 1. The highest BCUT2D eigenvalue weighted by atomic mass is 16.5. The molecule has 2 aliphatic rings. The summed E-state index contributed by atoms with van der Waals surface area (Å²) in [5.74, 6) is 0.917. The first-order valence-corrected chi connectivity index (χ1v) is 16.3. The number of urea groups is 1. The Morgan fingerprint density at radius 2 is 1.55 bits per heavy atom. The Labute approximate surface area is 275 Å². The molecule has 1 N–H and O–H groups in total. The van der Waals surface area contributed by atoms with Gasteiger partial charge >= 0.3 is 17.6 Å². The number of fused-ring (bicyclic) bond motifs is 1. The van der Waals surface area contributed by atoms with Gasteiger partial charge in [-0.3, -0.25) is 4.90 Å². The Kier molecular flexibility index (Phi) is 11.4. The van der Waals surface area contributed by atoms with Crippen molar-refractivity contribution in [3.8, 4) is 17.2 Å². The van der Waals surface area contributed by atoms with Crippen LogP contribution in [0.4, 0.5) is 10.5 Å². The maximum atomic E-state index is 13.3. The highest BCUT2D eigenvalue weighted by molar-refractivity contribution is 5.94. The number of rotatable bonds is 11. The third-order valence-electron chi connectivity index (χ3n) is 8.76. The van der Waals surface area contributed by atoms with E-state index in [0.29, 0.717) is 60.1 Å². The van der Waals surface area contributed by atoms with Crippen molar-refractivity contribution in [2.75, 3.05) is 59.4 Å². The third kappa shape index (κ3) is 8.65. The fraction of sp³-hybridized carbons (Fsp3) is 0.472. The normalized spacial score (nSPS) is 16.2. The second-order valence-electron chi connectivity index (χ2n) is 12.2. The quantitative estimate of drug-likeness (QED) is 0.156. The van der Waals surface area contributed by atoms with Gasteiger partial charge in [0, 0.05) is 55.3 Å². The van der Waals surface area contributed by atoms with Crippen LogP contribution in [0.2, 0.25) is 0 Å². The zero-order chi connectivity index (χ0) is 33.3. The van der Waals surface area contributed by atoms with Gasteiger partial charge < -0.3 is 33.6 Å². The molecule has 1 atom stereocenters. The fourth-order valence-corrected chi connectivity index (χ4v) is 6.50. The summed E-state index contributed by atoms with van der Waals surface area (Å²) in [7, 11) is 4.61. The molecule has 0 spiro atoms. The molecule has 1 unspecified atom stereocenters. The van der Waals surface area contributed by atoms with Crippen LogP contribution in [0.1, 0.15) is 55.2 Å². The van der Waals surface area contributed by atoms with E-state index in [1.807, 2.05) is 13.0 Å². The number of ether oxygens (including phenoxy) is 4. The Hall–Kier alpha value is -4.51. The highest BCUT2D eigenvalue weighted by Crippen LogP contribution is 2.38. The number of likely N-dealkylation sites (tertiary alicyclic amines) is 2. The van der Waals surface area contributed by atoms with E-state index in [0.717, 1.165) is 61.7 Å². The molecule has 3 aromatic rings. The largest absolute Gasteiger partial charge is 0.493 e. The van der Waals surface area contributed by atoms with Gasteiger partial charge in [0.05, 0.1) is 21.3 Å². The van der Waals surface area contributed by atoms with Crippen LogP contribution in [0.5, 0.6) is 17.2 Å². The van der Waals surface area contributed by atoms with Gasteiger partial charge in [0.2, 0.25) is 5.75 Å². The van der Waals surface area contributed by atoms with Crippen molar-refractivity contribution in [1.29, 1.82) is 0 Å². The highest BCUT2D eigenvalue weighted by Gasteiger charge is 2.24. The van der Waals surface area contributed by atoms with Gasteiger partial charge in [-0.1, -0.05) is 6.42 Å². The summed E-state index contributed by atoms with van der Waals surface area (Å²) < 4.78 is 28.0. The van der Waals surface area contributed by atoms with E-state index >= 15 is 0 Å². The number of piperidine rings is 2. The van der Waals surface area contributed by atoms with Gasteiger partial charge in [-0.2, -0.15) is 0 Å². The van der Waals surface area contributed by atoms with Crippen LogP contribution >= 0.6 is 0 Å². The molecule has 0 radical (unpaired) electrons. The molecule has 5 rings (SSSR count). The van der Waals surface area contributed by atoms with Crippen molar-refractivity contribution in [2.45, 2.75) is 58.0 Å². The van der Waals surface area contributed by atoms with Crippen LogP contribution in [0.3, 0.4) is 0 Å². The maximum Gasteiger partial charge on any atom is 0.336 e. The number of anilines is 1. The molecule has 2 fully saturated rings. The van der Waals surface area contributed by atoms with Gasteiger partial charge in [-0.25, -0.2) is 14.4 Å². The van der Waals surface area contributed by atoms with Crippen molar-refractivity contribution in [1.82, 2.24) is 9.80 Å². The maximum absolute atomic E-state index is 13.3. The predicted molar refractivity (Wildman–Crippen MR) is 181 cm³/mol. The summed E-state index contributed by atoms with van der Waals surface area (Å²) in [6.45, 7) is 5.67. The van der Waals surface area contributed by atoms with E-state index in [4.69, 9.17) is 23.4 Å². The molecule has 2 saturated heterocycles. The SMILES string of the molecule is COc1cc(/C=C/C(=O)OC(Cc2cc(NC(=O)N3CCCCC3)cc3oc(=O)cc(C)c23)CN2CCCCC2)cc(OC)c1OC. The number of aryl methyl sites for hydroxylation is 1. The molecule has 2 aliphatic heterocycles. The summed E-state index contributed by atoms with van der Waals surface area (Å²) in [5.41, 5.74) is 2.70. The topological polar surface area (TPSA) is 120 Å². The Bertz CT molecular complexity index is 1630.